The molecule has 0 saturated carbocycles. The van der Waals surface area contributed by atoms with Gasteiger partial charge in [0.2, 0.25) is 0 Å². The summed E-state index contributed by atoms with van der Waals surface area (Å²) in [6.45, 7) is 11.3. The van der Waals surface area contributed by atoms with Gasteiger partial charge in [0.1, 0.15) is 5.82 Å². The molecule has 1 atom stereocenters. The van der Waals surface area contributed by atoms with Crippen molar-refractivity contribution in [1.82, 2.24) is 9.97 Å². The normalized spacial score (nSPS) is 20.2. The molecular weight excluding hydrogens is 196 g/mol. The van der Waals surface area contributed by atoms with E-state index in [1.165, 1.54) is 11.3 Å². The maximum absolute atomic E-state index is 4.71. The minimum absolute atomic E-state index is 0.374. The van der Waals surface area contributed by atoms with Crippen LogP contribution >= 0.6 is 0 Å². The molecule has 1 aromatic rings. The van der Waals surface area contributed by atoms with E-state index in [0.717, 1.165) is 24.6 Å². The summed E-state index contributed by atoms with van der Waals surface area (Å²) in [6, 6.07) is 0. The predicted octanol–water partition coefficient (Wildman–Crippen LogP) is 3.36. The second-order valence-corrected chi connectivity index (χ2v) is 6.33. The van der Waals surface area contributed by atoms with E-state index in [-0.39, 0.29) is 0 Å². The van der Waals surface area contributed by atoms with Gasteiger partial charge in [-0.1, -0.05) is 34.6 Å². The molecule has 88 valence electrons. The first-order valence-electron chi connectivity index (χ1n) is 6.22. The Labute approximate surface area is 98.5 Å². The molecule has 2 heteroatoms. The molecule has 2 nitrogen and oxygen atoms in total. The van der Waals surface area contributed by atoms with Gasteiger partial charge in [0, 0.05) is 17.8 Å². The molecule has 2 rings (SSSR count). The first-order chi connectivity index (χ1) is 7.38. The highest BCUT2D eigenvalue weighted by Crippen LogP contribution is 2.37. The van der Waals surface area contributed by atoms with E-state index < -0.39 is 0 Å². The third kappa shape index (κ3) is 2.11. The summed E-state index contributed by atoms with van der Waals surface area (Å²) in [4.78, 5) is 9.16. The maximum atomic E-state index is 4.71. The molecule has 1 aliphatic rings. The van der Waals surface area contributed by atoms with Gasteiger partial charge in [-0.25, -0.2) is 9.97 Å². The molecule has 0 radical (unpaired) electrons. The molecule has 0 saturated heterocycles. The van der Waals surface area contributed by atoms with Gasteiger partial charge in [0.25, 0.3) is 0 Å². The van der Waals surface area contributed by atoms with Crippen LogP contribution in [0.15, 0.2) is 6.20 Å². The van der Waals surface area contributed by atoms with Crippen LogP contribution < -0.4 is 0 Å². The van der Waals surface area contributed by atoms with Crippen molar-refractivity contribution in [3.8, 4) is 0 Å². The molecule has 1 aliphatic carbocycles. The van der Waals surface area contributed by atoms with Gasteiger partial charge < -0.3 is 0 Å². The molecule has 0 spiro atoms. The highest BCUT2D eigenvalue weighted by molar-refractivity contribution is 5.25. The van der Waals surface area contributed by atoms with E-state index in [1.807, 2.05) is 6.20 Å². The van der Waals surface area contributed by atoms with Crippen LogP contribution in [0.2, 0.25) is 0 Å². The van der Waals surface area contributed by atoms with Crippen molar-refractivity contribution < 1.29 is 0 Å². The van der Waals surface area contributed by atoms with Crippen LogP contribution in [-0.2, 0) is 12.8 Å². The third-order valence-corrected chi connectivity index (χ3v) is 3.62. The highest BCUT2D eigenvalue weighted by Gasteiger charge is 2.32. The molecule has 0 aromatic carbocycles. The number of hydrogen-bond donors (Lipinski definition) is 0. The fourth-order valence-corrected chi connectivity index (χ4v) is 2.27. The lowest BCUT2D eigenvalue weighted by Gasteiger charge is -2.26. The van der Waals surface area contributed by atoms with Crippen molar-refractivity contribution in [1.29, 1.82) is 0 Å². The van der Waals surface area contributed by atoms with Crippen LogP contribution in [0, 0.1) is 11.3 Å². The van der Waals surface area contributed by atoms with E-state index in [9.17, 15) is 0 Å². The van der Waals surface area contributed by atoms with E-state index in [0.29, 0.717) is 11.3 Å². The van der Waals surface area contributed by atoms with Crippen molar-refractivity contribution in [3.63, 3.8) is 0 Å². The largest absolute Gasteiger partial charge is 0.241 e. The molecule has 0 bridgehead atoms. The fraction of sp³-hybridized carbons (Fsp3) is 0.714. The van der Waals surface area contributed by atoms with Crippen molar-refractivity contribution in [3.05, 3.63) is 23.3 Å². The molecule has 0 aliphatic heterocycles. The zero-order valence-electron chi connectivity index (χ0n) is 11.0. The first-order valence-corrected chi connectivity index (χ1v) is 6.22. The molecule has 0 amide bonds. The van der Waals surface area contributed by atoms with Crippen LogP contribution in [0.25, 0.3) is 0 Å². The van der Waals surface area contributed by atoms with E-state index in [1.54, 1.807) is 0 Å². The monoisotopic (exact) mass is 218 g/mol. The second-order valence-electron chi connectivity index (χ2n) is 6.33. The van der Waals surface area contributed by atoms with Crippen molar-refractivity contribution in [2.24, 2.45) is 11.3 Å². The van der Waals surface area contributed by atoms with Crippen molar-refractivity contribution in [2.45, 2.75) is 53.4 Å². The van der Waals surface area contributed by atoms with Gasteiger partial charge in [-0.15, -0.1) is 0 Å². The summed E-state index contributed by atoms with van der Waals surface area (Å²) in [7, 11) is 0. The Morgan fingerprint density at radius 1 is 1.25 bits per heavy atom. The molecule has 1 heterocycles. The van der Waals surface area contributed by atoms with Crippen LogP contribution in [-0.4, -0.2) is 9.97 Å². The molecule has 1 unspecified atom stereocenters. The van der Waals surface area contributed by atoms with Gasteiger partial charge in [-0.3, -0.25) is 0 Å². The van der Waals surface area contributed by atoms with E-state index in [4.69, 9.17) is 4.98 Å². The van der Waals surface area contributed by atoms with Crippen LogP contribution in [0.3, 0.4) is 0 Å². The average Bonchev–Trinajstić information content (AvgIpc) is 2.58. The number of fused-ring (bicyclic) bond motifs is 1. The van der Waals surface area contributed by atoms with Crippen LogP contribution in [0.1, 0.15) is 57.6 Å². The van der Waals surface area contributed by atoms with Crippen molar-refractivity contribution >= 4 is 0 Å². The Morgan fingerprint density at radius 2 is 1.94 bits per heavy atom. The van der Waals surface area contributed by atoms with Crippen LogP contribution in [0.4, 0.5) is 0 Å². The molecule has 0 fully saturated rings. The summed E-state index contributed by atoms with van der Waals surface area (Å²) in [6.07, 6.45) is 4.32. The third-order valence-electron chi connectivity index (χ3n) is 3.62. The van der Waals surface area contributed by atoms with Gasteiger partial charge in [-0.05, 0) is 29.7 Å². The van der Waals surface area contributed by atoms with E-state index >= 15 is 0 Å². The maximum Gasteiger partial charge on any atom is 0.131 e. The minimum atomic E-state index is 0.374. The predicted molar refractivity (Wildman–Crippen MR) is 66.5 cm³/mol. The Kier molecular flexibility index (Phi) is 2.77. The average molecular weight is 218 g/mol. The standard InChI is InChI=1S/C14H22N2/c1-9(2)13-15-8-10-6-11(14(3,4)5)7-12(10)16-13/h8-9,11H,6-7H2,1-5H3. The van der Waals surface area contributed by atoms with Gasteiger partial charge >= 0.3 is 0 Å². The van der Waals surface area contributed by atoms with E-state index in [2.05, 4.69) is 39.6 Å². The minimum Gasteiger partial charge on any atom is -0.241 e. The number of hydrogen-bond acceptors (Lipinski definition) is 2. The van der Waals surface area contributed by atoms with Gasteiger partial charge in [0.05, 0.1) is 0 Å². The summed E-state index contributed by atoms with van der Waals surface area (Å²) in [5, 5.41) is 0. The van der Waals surface area contributed by atoms with Gasteiger partial charge in [-0.2, -0.15) is 0 Å². The topological polar surface area (TPSA) is 25.8 Å². The van der Waals surface area contributed by atoms with Crippen LogP contribution in [0.5, 0.6) is 0 Å². The number of rotatable bonds is 1. The molecular formula is C14H22N2. The molecule has 0 N–H and O–H groups in total. The highest BCUT2D eigenvalue weighted by atomic mass is 14.9. The Morgan fingerprint density at radius 3 is 2.50 bits per heavy atom. The summed E-state index contributed by atoms with van der Waals surface area (Å²) >= 11 is 0. The van der Waals surface area contributed by atoms with Gasteiger partial charge in [0.15, 0.2) is 0 Å². The zero-order valence-corrected chi connectivity index (χ0v) is 11.0. The smallest absolute Gasteiger partial charge is 0.131 e. The lowest BCUT2D eigenvalue weighted by molar-refractivity contribution is 0.250. The Balaban J connectivity index is 2.25. The number of aromatic nitrogens is 2. The lowest BCUT2D eigenvalue weighted by atomic mass is 9.79. The number of nitrogens with zero attached hydrogens (tertiary/aromatic N) is 2. The second kappa shape index (κ2) is 3.83. The fourth-order valence-electron chi connectivity index (χ4n) is 2.27. The molecule has 1 aromatic heterocycles. The SMILES string of the molecule is CC(C)c1ncc2c(n1)CC(C(C)(C)C)C2. The molecule has 16 heavy (non-hydrogen) atoms. The Bertz CT molecular complexity index is 388. The zero-order chi connectivity index (χ0) is 11.9. The summed E-state index contributed by atoms with van der Waals surface area (Å²) in [5.74, 6) is 2.14. The summed E-state index contributed by atoms with van der Waals surface area (Å²) in [5.41, 5.74) is 3.03. The first kappa shape index (κ1) is 11.6. The Hall–Kier alpha value is -0.920. The summed E-state index contributed by atoms with van der Waals surface area (Å²) < 4.78 is 0. The lowest BCUT2D eigenvalue weighted by Crippen LogP contribution is -2.20. The quantitative estimate of drug-likeness (QED) is 0.722. The van der Waals surface area contributed by atoms with Crippen molar-refractivity contribution in [2.75, 3.05) is 0 Å².